The molecule has 5 heteroatoms. The number of piperazine rings is 1. The number of furan rings is 1. The van der Waals surface area contributed by atoms with E-state index in [9.17, 15) is 4.79 Å². The summed E-state index contributed by atoms with van der Waals surface area (Å²) >= 11 is 0. The topological polar surface area (TPSA) is 62.7 Å². The molecule has 1 aliphatic rings. The molecule has 1 aliphatic heterocycles. The predicted octanol–water partition coefficient (Wildman–Crippen LogP) is -0.119. The molecule has 0 aromatic carbocycles. The van der Waals surface area contributed by atoms with Gasteiger partial charge < -0.3 is 15.1 Å². The highest BCUT2D eigenvalue weighted by atomic mass is 16.3. The first-order valence-electron chi connectivity index (χ1n) is 5.41. The Hall–Kier alpha value is -1.33. The summed E-state index contributed by atoms with van der Waals surface area (Å²) in [6, 6.07) is 3.88. The van der Waals surface area contributed by atoms with Gasteiger partial charge in [0.1, 0.15) is 5.76 Å². The second kappa shape index (κ2) is 4.67. The van der Waals surface area contributed by atoms with E-state index in [1.165, 1.54) is 0 Å². The largest absolute Gasteiger partial charge is 0.468 e. The normalized spacial score (nSPS) is 22.8. The third-order valence-corrected chi connectivity index (χ3v) is 3.00. The van der Waals surface area contributed by atoms with Gasteiger partial charge in [0.25, 0.3) is 0 Å². The van der Waals surface area contributed by atoms with Crippen LogP contribution in [-0.2, 0) is 11.3 Å². The predicted molar refractivity (Wildman–Crippen MR) is 59.6 cm³/mol. The summed E-state index contributed by atoms with van der Waals surface area (Å²) in [5.74, 6) is 1.00. The molecule has 1 aromatic heterocycles. The molecule has 5 nitrogen and oxygen atoms in total. The van der Waals surface area contributed by atoms with Crippen molar-refractivity contribution in [1.29, 1.82) is 0 Å². The Bertz CT molecular complexity index is 350. The number of nitrogens with zero attached hydrogens (tertiary/aromatic N) is 2. The van der Waals surface area contributed by atoms with Gasteiger partial charge in [-0.15, -0.1) is 0 Å². The lowest BCUT2D eigenvalue weighted by molar-refractivity contribution is -0.137. The monoisotopic (exact) mass is 223 g/mol. The lowest BCUT2D eigenvalue weighted by atomic mass is 10.1. The van der Waals surface area contributed by atoms with Crippen LogP contribution < -0.4 is 5.73 Å². The zero-order valence-electron chi connectivity index (χ0n) is 9.43. The number of likely N-dealkylation sites (N-methyl/N-ethyl adjacent to an activating group) is 1. The minimum absolute atomic E-state index is 0.108. The summed E-state index contributed by atoms with van der Waals surface area (Å²) in [7, 11) is 1.81. The van der Waals surface area contributed by atoms with Gasteiger partial charge in [0.05, 0.1) is 25.4 Å². The molecule has 1 unspecified atom stereocenters. The van der Waals surface area contributed by atoms with Gasteiger partial charge in [0, 0.05) is 20.1 Å². The van der Waals surface area contributed by atoms with Crippen molar-refractivity contribution in [2.24, 2.45) is 5.73 Å². The minimum Gasteiger partial charge on any atom is -0.468 e. The molecular weight excluding hydrogens is 206 g/mol. The van der Waals surface area contributed by atoms with Crippen molar-refractivity contribution in [2.75, 3.05) is 26.7 Å². The molecule has 0 radical (unpaired) electrons. The molecule has 0 aliphatic carbocycles. The van der Waals surface area contributed by atoms with E-state index in [0.717, 1.165) is 12.3 Å². The fourth-order valence-electron chi connectivity index (χ4n) is 1.97. The van der Waals surface area contributed by atoms with Crippen molar-refractivity contribution in [3.63, 3.8) is 0 Å². The molecule has 16 heavy (non-hydrogen) atoms. The van der Waals surface area contributed by atoms with Crippen LogP contribution in [0.3, 0.4) is 0 Å². The van der Waals surface area contributed by atoms with Crippen molar-refractivity contribution in [2.45, 2.75) is 12.6 Å². The van der Waals surface area contributed by atoms with Gasteiger partial charge >= 0.3 is 0 Å². The lowest BCUT2D eigenvalue weighted by Crippen LogP contribution is -2.56. The maximum atomic E-state index is 11.7. The zero-order chi connectivity index (χ0) is 11.5. The van der Waals surface area contributed by atoms with Crippen LogP contribution in [0.1, 0.15) is 5.76 Å². The van der Waals surface area contributed by atoms with Crippen molar-refractivity contribution in [3.8, 4) is 0 Å². The SMILES string of the molecule is CN1C(=O)CN(Cc2ccco2)CC1CN. The van der Waals surface area contributed by atoms with Crippen LogP contribution in [0, 0.1) is 0 Å². The van der Waals surface area contributed by atoms with Gasteiger partial charge in [-0.1, -0.05) is 0 Å². The maximum Gasteiger partial charge on any atom is 0.236 e. The Kier molecular flexibility index (Phi) is 3.26. The number of hydrogen-bond donors (Lipinski definition) is 1. The fraction of sp³-hybridized carbons (Fsp3) is 0.545. The number of carbonyl (C=O) groups is 1. The number of carbonyl (C=O) groups excluding carboxylic acids is 1. The Morgan fingerprint density at radius 1 is 1.62 bits per heavy atom. The smallest absolute Gasteiger partial charge is 0.236 e. The third-order valence-electron chi connectivity index (χ3n) is 3.00. The second-order valence-electron chi connectivity index (χ2n) is 4.14. The van der Waals surface area contributed by atoms with E-state index in [-0.39, 0.29) is 11.9 Å². The molecule has 1 saturated heterocycles. The van der Waals surface area contributed by atoms with Crippen molar-refractivity contribution in [3.05, 3.63) is 24.2 Å². The van der Waals surface area contributed by atoms with Gasteiger partial charge in [-0.2, -0.15) is 0 Å². The Balaban J connectivity index is 1.99. The number of amides is 1. The lowest BCUT2D eigenvalue weighted by Gasteiger charge is -2.38. The first-order valence-corrected chi connectivity index (χ1v) is 5.41. The minimum atomic E-state index is 0.108. The van der Waals surface area contributed by atoms with Crippen LogP contribution in [0.15, 0.2) is 22.8 Å². The van der Waals surface area contributed by atoms with Gasteiger partial charge in [0.2, 0.25) is 5.91 Å². The summed E-state index contributed by atoms with van der Waals surface area (Å²) < 4.78 is 5.27. The van der Waals surface area contributed by atoms with E-state index in [2.05, 4.69) is 4.90 Å². The average Bonchev–Trinajstić information content (AvgIpc) is 2.76. The molecule has 0 bridgehead atoms. The number of nitrogens with two attached hydrogens (primary N) is 1. The number of hydrogen-bond acceptors (Lipinski definition) is 4. The molecule has 1 amide bonds. The standard InChI is InChI=1S/C11H17N3O2/c1-13-9(5-12)6-14(8-11(13)15)7-10-3-2-4-16-10/h2-4,9H,5-8,12H2,1H3. The van der Waals surface area contributed by atoms with Crippen molar-refractivity contribution in [1.82, 2.24) is 9.80 Å². The molecule has 0 spiro atoms. The summed E-state index contributed by atoms with van der Waals surface area (Å²) in [5.41, 5.74) is 5.65. The van der Waals surface area contributed by atoms with Crippen LogP contribution in [0.25, 0.3) is 0 Å². The van der Waals surface area contributed by atoms with E-state index in [4.69, 9.17) is 10.2 Å². The van der Waals surface area contributed by atoms with E-state index in [0.29, 0.717) is 19.6 Å². The van der Waals surface area contributed by atoms with Crippen LogP contribution in [0.5, 0.6) is 0 Å². The zero-order valence-corrected chi connectivity index (χ0v) is 9.43. The fourth-order valence-corrected chi connectivity index (χ4v) is 1.97. The van der Waals surface area contributed by atoms with E-state index in [1.54, 1.807) is 11.2 Å². The molecule has 1 aromatic rings. The van der Waals surface area contributed by atoms with Crippen LogP contribution in [0.4, 0.5) is 0 Å². The summed E-state index contributed by atoms with van der Waals surface area (Å²) in [4.78, 5) is 15.5. The maximum absolute atomic E-state index is 11.7. The first-order chi connectivity index (χ1) is 7.70. The van der Waals surface area contributed by atoms with Gasteiger partial charge in [-0.25, -0.2) is 0 Å². The van der Waals surface area contributed by atoms with Gasteiger partial charge in [0.15, 0.2) is 0 Å². The molecule has 1 fully saturated rings. The molecule has 0 saturated carbocycles. The Morgan fingerprint density at radius 3 is 3.06 bits per heavy atom. The molecule has 1 atom stereocenters. The van der Waals surface area contributed by atoms with E-state index in [1.807, 2.05) is 19.2 Å². The molecule has 88 valence electrons. The Labute approximate surface area is 94.8 Å². The molecule has 2 rings (SSSR count). The summed E-state index contributed by atoms with van der Waals surface area (Å²) in [5, 5.41) is 0. The van der Waals surface area contributed by atoms with Gasteiger partial charge in [-0.05, 0) is 12.1 Å². The van der Waals surface area contributed by atoms with Crippen LogP contribution >= 0.6 is 0 Å². The molecule has 2 N–H and O–H groups in total. The Morgan fingerprint density at radius 2 is 2.44 bits per heavy atom. The average molecular weight is 223 g/mol. The van der Waals surface area contributed by atoms with E-state index < -0.39 is 0 Å². The van der Waals surface area contributed by atoms with Crippen LogP contribution in [-0.4, -0.2) is 48.4 Å². The highest BCUT2D eigenvalue weighted by Gasteiger charge is 2.29. The number of rotatable bonds is 3. The second-order valence-corrected chi connectivity index (χ2v) is 4.14. The summed E-state index contributed by atoms with van der Waals surface area (Å²) in [6.07, 6.45) is 1.65. The quantitative estimate of drug-likeness (QED) is 0.776. The highest BCUT2D eigenvalue weighted by Crippen LogP contribution is 2.12. The third kappa shape index (κ3) is 2.25. The first kappa shape index (κ1) is 11.2. The van der Waals surface area contributed by atoms with Crippen LogP contribution in [0.2, 0.25) is 0 Å². The summed E-state index contributed by atoms with van der Waals surface area (Å²) in [6.45, 7) is 2.41. The van der Waals surface area contributed by atoms with Gasteiger partial charge in [-0.3, -0.25) is 9.69 Å². The molecule has 2 heterocycles. The van der Waals surface area contributed by atoms with Crippen molar-refractivity contribution < 1.29 is 9.21 Å². The highest BCUT2D eigenvalue weighted by molar-refractivity contribution is 5.79. The molecular formula is C11H17N3O2. The van der Waals surface area contributed by atoms with Crippen molar-refractivity contribution >= 4 is 5.91 Å². The van der Waals surface area contributed by atoms with E-state index >= 15 is 0 Å².